The lowest BCUT2D eigenvalue weighted by Crippen LogP contribution is -2.23. The average molecular weight is 329 g/mol. The molecular formula is C14H18Cl2N4O. The maximum absolute atomic E-state index is 6.10. The Balaban J connectivity index is 2.09. The molecule has 2 rings (SSSR count). The zero-order chi connectivity index (χ0) is 15.2. The van der Waals surface area contributed by atoms with Gasteiger partial charge in [-0.15, -0.1) is 10.2 Å². The molecule has 0 saturated carbocycles. The van der Waals surface area contributed by atoms with Gasteiger partial charge in [0.05, 0.1) is 16.6 Å². The quantitative estimate of drug-likeness (QED) is 0.848. The molecule has 1 heterocycles. The van der Waals surface area contributed by atoms with Gasteiger partial charge in [-0.05, 0) is 24.1 Å². The Hall–Kier alpha value is -1.14. The van der Waals surface area contributed by atoms with E-state index in [9.17, 15) is 0 Å². The molecule has 0 saturated heterocycles. The van der Waals surface area contributed by atoms with Crippen LogP contribution in [0, 0.1) is 0 Å². The second-order valence-electron chi connectivity index (χ2n) is 4.75. The average Bonchev–Trinajstić information content (AvgIpc) is 2.88. The normalized spacial score (nSPS) is 12.6. The number of rotatable bonds is 7. The van der Waals surface area contributed by atoms with Gasteiger partial charge in [0.25, 0.3) is 0 Å². The molecule has 1 atom stereocenters. The molecule has 0 bridgehead atoms. The zero-order valence-corrected chi connectivity index (χ0v) is 13.5. The Morgan fingerprint density at radius 2 is 2.14 bits per heavy atom. The highest BCUT2D eigenvalue weighted by Gasteiger charge is 2.13. The molecule has 0 aliphatic carbocycles. The van der Waals surface area contributed by atoms with Crippen LogP contribution in [-0.2, 0) is 18.3 Å². The number of hydrogen-bond acceptors (Lipinski definition) is 4. The molecular weight excluding hydrogens is 311 g/mol. The topological polar surface area (TPSA) is 52.0 Å². The highest BCUT2D eigenvalue weighted by molar-refractivity contribution is 6.42. The first-order chi connectivity index (χ1) is 10.1. The lowest BCUT2D eigenvalue weighted by molar-refractivity contribution is 0.182. The minimum absolute atomic E-state index is 0.108. The number of nitrogens with one attached hydrogen (secondary N) is 1. The SMILES string of the molecule is COCCC(NCc1nncn1C)c1ccc(Cl)c(Cl)c1. The largest absolute Gasteiger partial charge is 0.385 e. The Labute approximate surface area is 134 Å². The van der Waals surface area contributed by atoms with Crippen molar-refractivity contribution < 1.29 is 4.74 Å². The molecule has 0 spiro atoms. The number of halogens is 2. The summed E-state index contributed by atoms with van der Waals surface area (Å²) in [5, 5.41) is 12.5. The van der Waals surface area contributed by atoms with Crippen LogP contribution in [0.3, 0.4) is 0 Å². The van der Waals surface area contributed by atoms with Gasteiger partial charge >= 0.3 is 0 Å². The summed E-state index contributed by atoms with van der Waals surface area (Å²) in [4.78, 5) is 0. The van der Waals surface area contributed by atoms with Crippen LogP contribution in [0.4, 0.5) is 0 Å². The highest BCUT2D eigenvalue weighted by atomic mass is 35.5. The van der Waals surface area contributed by atoms with E-state index < -0.39 is 0 Å². The second-order valence-corrected chi connectivity index (χ2v) is 5.56. The molecule has 0 aliphatic heterocycles. The van der Waals surface area contributed by atoms with Crippen molar-refractivity contribution in [3.05, 3.63) is 46.0 Å². The molecule has 0 fully saturated rings. The van der Waals surface area contributed by atoms with Gasteiger partial charge in [0.1, 0.15) is 12.2 Å². The number of methoxy groups -OCH3 is 1. The van der Waals surface area contributed by atoms with E-state index >= 15 is 0 Å². The summed E-state index contributed by atoms with van der Waals surface area (Å²) < 4.78 is 7.06. The molecule has 1 unspecified atom stereocenters. The van der Waals surface area contributed by atoms with Crippen molar-refractivity contribution in [2.24, 2.45) is 7.05 Å². The summed E-state index contributed by atoms with van der Waals surface area (Å²) in [6.45, 7) is 1.27. The van der Waals surface area contributed by atoms with Crippen LogP contribution >= 0.6 is 23.2 Å². The van der Waals surface area contributed by atoms with E-state index in [1.54, 1.807) is 13.4 Å². The van der Waals surface area contributed by atoms with Crippen LogP contribution in [0.1, 0.15) is 23.9 Å². The third kappa shape index (κ3) is 4.41. The number of aryl methyl sites for hydroxylation is 1. The molecule has 1 aromatic carbocycles. The van der Waals surface area contributed by atoms with Crippen molar-refractivity contribution in [2.75, 3.05) is 13.7 Å². The second kappa shape index (κ2) is 7.75. The third-order valence-corrected chi connectivity index (χ3v) is 4.01. The van der Waals surface area contributed by atoms with Crippen molar-refractivity contribution in [1.82, 2.24) is 20.1 Å². The van der Waals surface area contributed by atoms with E-state index in [0.717, 1.165) is 17.8 Å². The molecule has 21 heavy (non-hydrogen) atoms. The fourth-order valence-corrected chi connectivity index (χ4v) is 2.34. The smallest absolute Gasteiger partial charge is 0.146 e. The lowest BCUT2D eigenvalue weighted by Gasteiger charge is -2.19. The zero-order valence-electron chi connectivity index (χ0n) is 12.0. The predicted octanol–water partition coefficient (Wildman–Crippen LogP) is 2.99. The van der Waals surface area contributed by atoms with Crippen molar-refractivity contribution in [2.45, 2.75) is 19.0 Å². The monoisotopic (exact) mass is 328 g/mol. The Kier molecular flexibility index (Phi) is 5.99. The summed E-state index contributed by atoms with van der Waals surface area (Å²) in [6, 6.07) is 5.77. The molecule has 114 valence electrons. The Bertz CT molecular complexity index is 588. The van der Waals surface area contributed by atoms with Gasteiger partial charge < -0.3 is 14.6 Å². The molecule has 1 aromatic heterocycles. The van der Waals surface area contributed by atoms with Crippen LogP contribution in [-0.4, -0.2) is 28.5 Å². The number of aromatic nitrogens is 3. The third-order valence-electron chi connectivity index (χ3n) is 3.27. The standard InChI is InChI=1S/C14H18Cl2N4O/c1-20-9-18-19-14(20)8-17-13(5-6-21-2)10-3-4-11(15)12(16)7-10/h3-4,7,9,13,17H,5-6,8H2,1-2H3. The van der Waals surface area contributed by atoms with Gasteiger partial charge in [0, 0.05) is 26.8 Å². The van der Waals surface area contributed by atoms with Gasteiger partial charge in [-0.3, -0.25) is 0 Å². The van der Waals surface area contributed by atoms with Crippen molar-refractivity contribution >= 4 is 23.2 Å². The molecule has 0 amide bonds. The van der Waals surface area contributed by atoms with Crippen LogP contribution < -0.4 is 5.32 Å². The van der Waals surface area contributed by atoms with Crippen molar-refractivity contribution in [3.8, 4) is 0 Å². The van der Waals surface area contributed by atoms with E-state index in [1.807, 2.05) is 29.8 Å². The Morgan fingerprint density at radius 1 is 1.33 bits per heavy atom. The van der Waals surface area contributed by atoms with E-state index in [4.69, 9.17) is 27.9 Å². The van der Waals surface area contributed by atoms with E-state index in [1.165, 1.54) is 0 Å². The van der Waals surface area contributed by atoms with E-state index in [0.29, 0.717) is 23.2 Å². The number of hydrogen-bond donors (Lipinski definition) is 1. The molecule has 0 aliphatic rings. The van der Waals surface area contributed by atoms with Gasteiger partial charge in [-0.1, -0.05) is 29.3 Å². The van der Waals surface area contributed by atoms with Gasteiger partial charge in [0.2, 0.25) is 0 Å². The minimum Gasteiger partial charge on any atom is -0.385 e. The van der Waals surface area contributed by atoms with Crippen molar-refractivity contribution in [3.63, 3.8) is 0 Å². The first kappa shape index (κ1) is 16.2. The minimum atomic E-state index is 0.108. The van der Waals surface area contributed by atoms with Gasteiger partial charge in [-0.2, -0.15) is 0 Å². The summed E-state index contributed by atoms with van der Waals surface area (Å²) in [5.74, 6) is 0.873. The van der Waals surface area contributed by atoms with Crippen LogP contribution in [0.25, 0.3) is 0 Å². The number of nitrogens with zero attached hydrogens (tertiary/aromatic N) is 3. The summed E-state index contributed by atoms with van der Waals surface area (Å²) in [6.07, 6.45) is 2.51. The molecule has 1 N–H and O–H groups in total. The number of benzene rings is 1. The molecule has 5 nitrogen and oxygen atoms in total. The van der Waals surface area contributed by atoms with Crippen LogP contribution in [0.15, 0.2) is 24.5 Å². The highest BCUT2D eigenvalue weighted by Crippen LogP contribution is 2.27. The van der Waals surface area contributed by atoms with E-state index in [2.05, 4.69) is 15.5 Å². The maximum atomic E-state index is 6.10. The number of ether oxygens (including phenoxy) is 1. The maximum Gasteiger partial charge on any atom is 0.146 e. The lowest BCUT2D eigenvalue weighted by atomic mass is 10.0. The fourth-order valence-electron chi connectivity index (χ4n) is 2.03. The van der Waals surface area contributed by atoms with Gasteiger partial charge in [0.15, 0.2) is 0 Å². The molecule has 7 heteroatoms. The van der Waals surface area contributed by atoms with Gasteiger partial charge in [-0.25, -0.2) is 0 Å². The van der Waals surface area contributed by atoms with Crippen LogP contribution in [0.5, 0.6) is 0 Å². The Morgan fingerprint density at radius 3 is 2.76 bits per heavy atom. The molecule has 0 radical (unpaired) electrons. The van der Waals surface area contributed by atoms with Crippen LogP contribution in [0.2, 0.25) is 10.0 Å². The summed E-state index contributed by atoms with van der Waals surface area (Å²) in [5.41, 5.74) is 1.07. The summed E-state index contributed by atoms with van der Waals surface area (Å²) in [7, 11) is 3.61. The first-order valence-corrected chi connectivity index (χ1v) is 7.37. The first-order valence-electron chi connectivity index (χ1n) is 6.62. The summed E-state index contributed by atoms with van der Waals surface area (Å²) >= 11 is 12.1. The fraction of sp³-hybridized carbons (Fsp3) is 0.429. The van der Waals surface area contributed by atoms with E-state index in [-0.39, 0.29) is 6.04 Å². The van der Waals surface area contributed by atoms with Crippen molar-refractivity contribution in [1.29, 1.82) is 0 Å². The molecule has 2 aromatic rings. The predicted molar refractivity (Wildman–Crippen MR) is 83.5 cm³/mol.